The third-order valence-corrected chi connectivity index (χ3v) is 6.95. The fourth-order valence-corrected chi connectivity index (χ4v) is 4.91. The van der Waals surface area contributed by atoms with Gasteiger partial charge < -0.3 is 14.9 Å². The van der Waals surface area contributed by atoms with E-state index in [0.29, 0.717) is 25.9 Å². The lowest BCUT2D eigenvalue weighted by atomic mass is 9.77. The minimum absolute atomic E-state index is 0.0730. The molecule has 168 valence electrons. The van der Waals surface area contributed by atoms with Gasteiger partial charge in [0.15, 0.2) is 0 Å². The Labute approximate surface area is 183 Å². The number of hydrogen-bond donors (Lipinski definition) is 2. The first-order chi connectivity index (χ1) is 14.8. The van der Waals surface area contributed by atoms with Crippen LogP contribution in [-0.2, 0) is 11.2 Å². The van der Waals surface area contributed by atoms with Gasteiger partial charge >= 0.3 is 5.97 Å². The molecule has 2 aromatic carbocycles. The molecule has 0 amide bonds. The fourth-order valence-electron chi connectivity index (χ4n) is 4.91. The highest BCUT2D eigenvalue weighted by atomic mass is 19.1. The van der Waals surface area contributed by atoms with Gasteiger partial charge in [-0.3, -0.25) is 9.69 Å². The van der Waals surface area contributed by atoms with Crippen LogP contribution in [0.15, 0.2) is 48.5 Å². The molecule has 1 aliphatic rings. The van der Waals surface area contributed by atoms with Crippen LogP contribution in [0.4, 0.5) is 4.39 Å². The highest BCUT2D eigenvalue weighted by Crippen LogP contribution is 2.41. The second-order valence-corrected chi connectivity index (χ2v) is 8.57. The number of carboxylic acid groups (broad SMARTS) is 1. The van der Waals surface area contributed by atoms with E-state index in [4.69, 9.17) is 4.74 Å². The molecule has 6 heteroatoms. The lowest BCUT2D eigenvalue weighted by Crippen LogP contribution is -2.59. The summed E-state index contributed by atoms with van der Waals surface area (Å²) in [5, 5.41) is 20.6. The molecule has 0 saturated carbocycles. The molecule has 4 atom stereocenters. The highest BCUT2D eigenvalue weighted by Gasteiger charge is 2.52. The Morgan fingerprint density at radius 2 is 1.97 bits per heavy atom. The van der Waals surface area contributed by atoms with Gasteiger partial charge in [0.1, 0.15) is 17.1 Å². The average Bonchev–Trinajstić information content (AvgIpc) is 3.22. The van der Waals surface area contributed by atoms with Crippen LogP contribution in [0.2, 0.25) is 0 Å². The molecule has 31 heavy (non-hydrogen) atoms. The zero-order chi connectivity index (χ0) is 22.6. The molecule has 1 heterocycles. The molecule has 1 saturated heterocycles. The molecule has 0 spiro atoms. The number of aliphatic hydroxyl groups is 1. The van der Waals surface area contributed by atoms with Crippen LogP contribution in [0.5, 0.6) is 5.75 Å². The van der Waals surface area contributed by atoms with Crippen LogP contribution in [0, 0.1) is 17.7 Å². The summed E-state index contributed by atoms with van der Waals surface area (Å²) in [5.41, 5.74) is 0.589. The number of benzene rings is 2. The predicted molar refractivity (Wildman–Crippen MR) is 118 cm³/mol. The fraction of sp³-hybridized carbons (Fsp3) is 0.480. The molecule has 0 aliphatic carbocycles. The molecule has 1 aliphatic heterocycles. The third kappa shape index (κ3) is 4.60. The second kappa shape index (κ2) is 9.79. The van der Waals surface area contributed by atoms with E-state index in [-0.39, 0.29) is 30.2 Å². The molecule has 0 aromatic heterocycles. The summed E-state index contributed by atoms with van der Waals surface area (Å²) in [4.78, 5) is 14.8. The second-order valence-electron chi connectivity index (χ2n) is 8.57. The van der Waals surface area contributed by atoms with Crippen LogP contribution in [0.3, 0.4) is 0 Å². The molecule has 3 rings (SSSR count). The van der Waals surface area contributed by atoms with E-state index in [1.807, 2.05) is 49.1 Å². The third-order valence-electron chi connectivity index (χ3n) is 6.95. The largest absolute Gasteiger partial charge is 0.497 e. The summed E-state index contributed by atoms with van der Waals surface area (Å²) in [6, 6.07) is 13.9. The summed E-state index contributed by atoms with van der Waals surface area (Å²) in [6.45, 7) is 4.81. The van der Waals surface area contributed by atoms with Crippen molar-refractivity contribution in [1.82, 2.24) is 4.90 Å². The number of aliphatic carboxylic acids is 1. The minimum atomic E-state index is -1.13. The van der Waals surface area contributed by atoms with Gasteiger partial charge in [-0.05, 0) is 41.3 Å². The summed E-state index contributed by atoms with van der Waals surface area (Å²) < 4.78 is 19.1. The summed E-state index contributed by atoms with van der Waals surface area (Å²) in [5.74, 6) is -0.870. The zero-order valence-corrected chi connectivity index (χ0v) is 18.4. The molecule has 0 radical (unpaired) electrons. The lowest BCUT2D eigenvalue weighted by Gasteiger charge is -2.43. The van der Waals surface area contributed by atoms with E-state index in [0.717, 1.165) is 16.9 Å². The smallest absolute Gasteiger partial charge is 0.324 e. The van der Waals surface area contributed by atoms with E-state index < -0.39 is 11.5 Å². The molecular formula is C25H32FNO4. The van der Waals surface area contributed by atoms with Gasteiger partial charge in [0.25, 0.3) is 0 Å². The summed E-state index contributed by atoms with van der Waals surface area (Å²) >= 11 is 0. The van der Waals surface area contributed by atoms with Crippen LogP contribution in [-0.4, -0.2) is 53.4 Å². The van der Waals surface area contributed by atoms with E-state index >= 15 is 0 Å². The Bertz CT molecular complexity index is 887. The number of likely N-dealkylation sites (tertiary alicyclic amines) is 1. The summed E-state index contributed by atoms with van der Waals surface area (Å²) in [6.07, 6.45) is 1.04. The number of hydrogen-bond acceptors (Lipinski definition) is 4. The number of carboxylic acids is 1. The Morgan fingerprint density at radius 1 is 1.26 bits per heavy atom. The first-order valence-corrected chi connectivity index (χ1v) is 10.8. The molecule has 2 aromatic rings. The number of ether oxygens (including phenoxy) is 1. The minimum Gasteiger partial charge on any atom is -0.497 e. The van der Waals surface area contributed by atoms with Gasteiger partial charge in [0.05, 0.1) is 7.11 Å². The number of carbonyl (C=O) groups is 1. The molecular weight excluding hydrogens is 397 g/mol. The molecule has 0 unspecified atom stereocenters. The number of aliphatic hydroxyl groups excluding tert-OH is 1. The van der Waals surface area contributed by atoms with Gasteiger partial charge in [-0.2, -0.15) is 0 Å². The molecule has 0 bridgehead atoms. The van der Waals surface area contributed by atoms with Crippen molar-refractivity contribution in [3.63, 3.8) is 0 Å². The normalized spacial score (nSPS) is 22.1. The standard InChI is InChI=1S/C25H32FNO4/c1-4-17(2)25(24(29)30,13-18-8-10-22(31-3)11-9-18)27-14-20(16-28)23(15-27)19-6-5-7-21(26)12-19/h5-12,17,20,23,28H,4,13-16H2,1-3H3,(H,29,30)/t17-,20+,23+,25+/m0/s1. The van der Waals surface area contributed by atoms with Gasteiger partial charge in [-0.1, -0.05) is 44.5 Å². The number of halogens is 1. The van der Waals surface area contributed by atoms with Crippen molar-refractivity contribution in [2.45, 2.75) is 38.1 Å². The number of methoxy groups -OCH3 is 1. The Kier molecular flexibility index (Phi) is 7.34. The zero-order valence-electron chi connectivity index (χ0n) is 18.4. The lowest BCUT2D eigenvalue weighted by molar-refractivity contribution is -0.155. The predicted octanol–water partition coefficient (Wildman–Crippen LogP) is 3.95. The van der Waals surface area contributed by atoms with Gasteiger partial charge in [0.2, 0.25) is 0 Å². The topological polar surface area (TPSA) is 70.0 Å². The Morgan fingerprint density at radius 3 is 2.52 bits per heavy atom. The summed E-state index contributed by atoms with van der Waals surface area (Å²) in [7, 11) is 1.60. The monoisotopic (exact) mass is 429 g/mol. The van der Waals surface area contributed by atoms with E-state index in [2.05, 4.69) is 0 Å². The average molecular weight is 430 g/mol. The van der Waals surface area contributed by atoms with Crippen molar-refractivity contribution in [1.29, 1.82) is 0 Å². The van der Waals surface area contributed by atoms with E-state index in [9.17, 15) is 19.4 Å². The quantitative estimate of drug-likeness (QED) is 0.632. The molecule has 5 nitrogen and oxygen atoms in total. The van der Waals surface area contributed by atoms with Crippen molar-refractivity contribution >= 4 is 5.97 Å². The number of nitrogens with zero attached hydrogens (tertiary/aromatic N) is 1. The first kappa shape index (κ1) is 23.2. The van der Waals surface area contributed by atoms with Crippen molar-refractivity contribution < 1.29 is 24.1 Å². The van der Waals surface area contributed by atoms with Crippen LogP contribution in [0.1, 0.15) is 37.3 Å². The highest BCUT2D eigenvalue weighted by molar-refractivity contribution is 5.80. The van der Waals surface area contributed by atoms with Gasteiger partial charge in [0, 0.05) is 38.0 Å². The van der Waals surface area contributed by atoms with Gasteiger partial charge in [-0.15, -0.1) is 0 Å². The maximum Gasteiger partial charge on any atom is 0.324 e. The Balaban J connectivity index is 1.99. The first-order valence-electron chi connectivity index (χ1n) is 10.8. The SMILES string of the molecule is CC[C@H](C)[C@](Cc1ccc(OC)cc1)(C(=O)O)N1C[C@H](CO)[C@@H](c2cccc(F)c2)C1. The van der Waals surface area contributed by atoms with Gasteiger partial charge in [-0.25, -0.2) is 4.39 Å². The molecule has 1 fully saturated rings. The number of rotatable bonds is 9. The maximum atomic E-state index is 13.9. The van der Waals surface area contributed by atoms with Crippen LogP contribution < -0.4 is 4.74 Å². The Hall–Kier alpha value is -2.44. The van der Waals surface area contributed by atoms with Crippen molar-refractivity contribution in [3.8, 4) is 5.75 Å². The van der Waals surface area contributed by atoms with E-state index in [1.54, 1.807) is 13.2 Å². The van der Waals surface area contributed by atoms with Crippen LogP contribution in [0.25, 0.3) is 0 Å². The van der Waals surface area contributed by atoms with E-state index in [1.165, 1.54) is 12.1 Å². The van der Waals surface area contributed by atoms with Crippen molar-refractivity contribution in [2.24, 2.45) is 11.8 Å². The van der Waals surface area contributed by atoms with Crippen molar-refractivity contribution in [2.75, 3.05) is 26.8 Å². The maximum absolute atomic E-state index is 13.9. The van der Waals surface area contributed by atoms with Crippen LogP contribution >= 0.6 is 0 Å². The van der Waals surface area contributed by atoms with Crippen molar-refractivity contribution in [3.05, 3.63) is 65.5 Å². The molecule has 2 N–H and O–H groups in total.